The molecule has 4 rings (SSSR count). The van der Waals surface area contributed by atoms with Gasteiger partial charge in [-0.3, -0.25) is 28.8 Å². The number of rotatable bonds is 14. The van der Waals surface area contributed by atoms with Gasteiger partial charge in [-0.15, -0.1) is 0 Å². The summed E-state index contributed by atoms with van der Waals surface area (Å²) < 4.78 is 22.4. The predicted octanol–water partition coefficient (Wildman–Crippen LogP) is 3.15. The number of anilines is 1. The van der Waals surface area contributed by atoms with Crippen molar-refractivity contribution in [2.24, 2.45) is 5.92 Å². The van der Waals surface area contributed by atoms with Crippen LogP contribution < -0.4 is 16.0 Å². The summed E-state index contributed by atoms with van der Waals surface area (Å²) in [4.78, 5) is 57.0. The highest BCUT2D eigenvalue weighted by atomic mass is 19.1. The number of ether oxygens (including phenoxy) is 1. The van der Waals surface area contributed by atoms with Crippen LogP contribution in [0.2, 0.25) is 0 Å². The summed E-state index contributed by atoms with van der Waals surface area (Å²) in [6.07, 6.45) is 6.30. The Morgan fingerprint density at radius 1 is 1.02 bits per heavy atom. The van der Waals surface area contributed by atoms with Crippen LogP contribution in [0.5, 0.6) is 0 Å². The van der Waals surface area contributed by atoms with E-state index in [1.807, 2.05) is 6.92 Å². The topological polar surface area (TPSA) is 138 Å². The molecule has 1 aliphatic heterocycles. The van der Waals surface area contributed by atoms with E-state index < -0.39 is 35.6 Å². The lowest BCUT2D eigenvalue weighted by molar-refractivity contribution is -0.138. The molecule has 4 amide bonds. The summed E-state index contributed by atoms with van der Waals surface area (Å²) in [7, 11) is 1.66. The Kier molecular flexibility index (Phi) is 13.3. The van der Waals surface area contributed by atoms with E-state index in [1.54, 1.807) is 48.9 Å². The van der Waals surface area contributed by atoms with Gasteiger partial charge in [-0.2, -0.15) is 5.10 Å². The fraction of sp³-hybridized carbons (Fsp3) is 0.618. The first-order valence-corrected chi connectivity index (χ1v) is 16.9. The van der Waals surface area contributed by atoms with E-state index in [0.717, 1.165) is 38.6 Å². The maximum absolute atomic E-state index is 15.6. The third kappa shape index (κ3) is 9.38. The van der Waals surface area contributed by atoms with Crippen molar-refractivity contribution in [3.63, 3.8) is 0 Å². The number of hydrogen-bond acceptors (Lipinski definition) is 7. The number of aromatic nitrogens is 2. The van der Waals surface area contributed by atoms with Crippen LogP contribution in [0.4, 0.5) is 10.1 Å². The summed E-state index contributed by atoms with van der Waals surface area (Å²) in [5, 5.41) is 12.6. The average molecular weight is 656 g/mol. The standard InChI is InChI=1S/C34H50FN7O5/c1-5-29(43)38-30(34(46)41-18-16-40(17-19-41)20-21-47-4)23(3)25-12-13-27(26(35)22-25)37-33(45)31(24-10-8-7-9-11-24)39-32(44)28-14-15-36-42(28)6-2/h12-15,22-24,30-31H,5-11,16-21H2,1-4H3,(H,37,45)(H,38,43)(H,39,44)/t23-,30+,31-/m0/s1. The molecule has 0 unspecified atom stereocenters. The van der Waals surface area contributed by atoms with E-state index in [1.165, 1.54) is 12.1 Å². The number of methoxy groups -OCH3 is 1. The average Bonchev–Trinajstić information content (AvgIpc) is 3.58. The minimum Gasteiger partial charge on any atom is -0.383 e. The zero-order chi connectivity index (χ0) is 33.9. The highest BCUT2D eigenvalue weighted by Gasteiger charge is 2.35. The lowest BCUT2D eigenvalue weighted by Gasteiger charge is -2.37. The molecule has 0 radical (unpaired) electrons. The third-order valence-electron chi connectivity index (χ3n) is 9.42. The van der Waals surface area contributed by atoms with Gasteiger partial charge in [-0.05, 0) is 49.4 Å². The lowest BCUT2D eigenvalue weighted by Crippen LogP contribution is -2.56. The lowest BCUT2D eigenvalue weighted by atomic mass is 9.83. The molecule has 1 saturated heterocycles. The smallest absolute Gasteiger partial charge is 0.270 e. The van der Waals surface area contributed by atoms with Crippen molar-refractivity contribution in [2.45, 2.75) is 83.8 Å². The third-order valence-corrected chi connectivity index (χ3v) is 9.42. The molecule has 3 N–H and O–H groups in total. The highest BCUT2D eigenvalue weighted by Crippen LogP contribution is 2.29. The first-order valence-electron chi connectivity index (χ1n) is 16.9. The fourth-order valence-corrected chi connectivity index (χ4v) is 6.46. The van der Waals surface area contributed by atoms with Crippen molar-refractivity contribution < 1.29 is 28.3 Å². The number of halogens is 1. The molecular weight excluding hydrogens is 605 g/mol. The Bertz CT molecular complexity index is 1370. The number of amides is 4. The van der Waals surface area contributed by atoms with Gasteiger partial charge in [0.2, 0.25) is 17.7 Å². The molecule has 1 aromatic heterocycles. The molecule has 3 atom stereocenters. The second-order valence-corrected chi connectivity index (χ2v) is 12.5. The van der Waals surface area contributed by atoms with Crippen molar-refractivity contribution in [3.05, 3.63) is 47.5 Å². The van der Waals surface area contributed by atoms with Crippen LogP contribution in [-0.2, 0) is 25.7 Å². The summed E-state index contributed by atoms with van der Waals surface area (Å²) in [5.41, 5.74) is 0.851. The number of aryl methyl sites for hydroxylation is 1. The van der Waals surface area contributed by atoms with E-state index >= 15 is 4.39 Å². The maximum atomic E-state index is 15.6. The van der Waals surface area contributed by atoms with Crippen molar-refractivity contribution in [3.8, 4) is 0 Å². The van der Waals surface area contributed by atoms with Crippen molar-refractivity contribution in [2.75, 3.05) is 51.8 Å². The quantitative estimate of drug-likeness (QED) is 0.284. The first kappa shape index (κ1) is 36.0. The minimum atomic E-state index is -0.879. The molecule has 2 heterocycles. The second-order valence-electron chi connectivity index (χ2n) is 12.5. The Hall–Kier alpha value is -3.84. The number of carbonyl (C=O) groups excluding carboxylic acids is 4. The zero-order valence-electron chi connectivity index (χ0n) is 28.1. The Balaban J connectivity index is 1.48. The molecule has 0 bridgehead atoms. The van der Waals surface area contributed by atoms with Crippen LogP contribution in [0.3, 0.4) is 0 Å². The summed E-state index contributed by atoms with van der Waals surface area (Å²) in [6.45, 7) is 9.73. The van der Waals surface area contributed by atoms with Gasteiger partial charge in [0.25, 0.3) is 5.91 Å². The predicted molar refractivity (Wildman–Crippen MR) is 176 cm³/mol. The fourth-order valence-electron chi connectivity index (χ4n) is 6.46. The van der Waals surface area contributed by atoms with Gasteiger partial charge in [0.1, 0.15) is 23.6 Å². The largest absolute Gasteiger partial charge is 0.383 e. The summed E-state index contributed by atoms with van der Waals surface area (Å²) in [5.74, 6) is -2.65. The van der Waals surface area contributed by atoms with Crippen LogP contribution in [-0.4, -0.2) is 102 Å². The van der Waals surface area contributed by atoms with Crippen LogP contribution >= 0.6 is 0 Å². The van der Waals surface area contributed by atoms with Crippen LogP contribution in [0.1, 0.15) is 81.3 Å². The van der Waals surface area contributed by atoms with Gasteiger partial charge >= 0.3 is 0 Å². The Morgan fingerprint density at radius 2 is 1.74 bits per heavy atom. The SMILES string of the molecule is CCC(=O)N[C@@H](C(=O)N1CCN(CCOC)CC1)[C@@H](C)c1ccc(NC(=O)[C@@H](NC(=O)c2ccnn2CC)C2CCCCC2)c(F)c1. The van der Waals surface area contributed by atoms with E-state index in [4.69, 9.17) is 4.74 Å². The van der Waals surface area contributed by atoms with Crippen LogP contribution in [0, 0.1) is 11.7 Å². The molecule has 2 aromatic rings. The number of carbonyl (C=O) groups is 4. The van der Waals surface area contributed by atoms with Crippen molar-refractivity contribution in [1.29, 1.82) is 0 Å². The van der Waals surface area contributed by atoms with E-state index in [0.29, 0.717) is 50.6 Å². The molecule has 1 aliphatic carbocycles. The Morgan fingerprint density at radius 3 is 2.38 bits per heavy atom. The molecule has 1 saturated carbocycles. The van der Waals surface area contributed by atoms with Gasteiger partial charge in [-0.25, -0.2) is 4.39 Å². The molecule has 0 spiro atoms. The molecule has 2 fully saturated rings. The molecule has 47 heavy (non-hydrogen) atoms. The summed E-state index contributed by atoms with van der Waals surface area (Å²) in [6, 6.07) is 4.33. The van der Waals surface area contributed by atoms with Gasteiger partial charge < -0.3 is 25.6 Å². The summed E-state index contributed by atoms with van der Waals surface area (Å²) >= 11 is 0. The van der Waals surface area contributed by atoms with Gasteiger partial charge in [0.15, 0.2) is 0 Å². The Labute approximate surface area is 276 Å². The first-order chi connectivity index (χ1) is 22.7. The zero-order valence-corrected chi connectivity index (χ0v) is 28.1. The minimum absolute atomic E-state index is 0.0211. The van der Waals surface area contributed by atoms with E-state index in [-0.39, 0.29) is 29.8 Å². The van der Waals surface area contributed by atoms with Gasteiger partial charge in [0, 0.05) is 64.9 Å². The molecule has 1 aromatic carbocycles. The number of nitrogens with zero attached hydrogens (tertiary/aromatic N) is 4. The normalized spacial score (nSPS) is 17.9. The van der Waals surface area contributed by atoms with Gasteiger partial charge in [0.05, 0.1) is 12.3 Å². The molecule has 13 heteroatoms. The number of hydrogen-bond donors (Lipinski definition) is 3. The van der Waals surface area contributed by atoms with E-state index in [2.05, 4.69) is 25.9 Å². The van der Waals surface area contributed by atoms with Gasteiger partial charge in [-0.1, -0.05) is 39.2 Å². The molecular formula is C34H50FN7O5. The van der Waals surface area contributed by atoms with Crippen molar-refractivity contribution >= 4 is 29.3 Å². The highest BCUT2D eigenvalue weighted by molar-refractivity contribution is 6.00. The monoisotopic (exact) mass is 655 g/mol. The maximum Gasteiger partial charge on any atom is 0.270 e. The molecule has 258 valence electrons. The second kappa shape index (κ2) is 17.4. The number of benzene rings is 1. The van der Waals surface area contributed by atoms with Crippen molar-refractivity contribution in [1.82, 2.24) is 30.2 Å². The van der Waals surface area contributed by atoms with Crippen LogP contribution in [0.25, 0.3) is 0 Å². The van der Waals surface area contributed by atoms with Crippen LogP contribution in [0.15, 0.2) is 30.5 Å². The molecule has 12 nitrogen and oxygen atoms in total. The molecule has 2 aliphatic rings. The van der Waals surface area contributed by atoms with E-state index in [9.17, 15) is 19.2 Å². The number of nitrogens with one attached hydrogen (secondary N) is 3. The number of piperazine rings is 1.